The first-order valence-corrected chi connectivity index (χ1v) is 15.4. The lowest BCUT2D eigenvalue weighted by Crippen LogP contribution is -2.50. The van der Waals surface area contributed by atoms with Gasteiger partial charge in [0, 0.05) is 33.4 Å². The van der Waals surface area contributed by atoms with Gasteiger partial charge >= 0.3 is 11.3 Å². The van der Waals surface area contributed by atoms with Gasteiger partial charge in [-0.15, -0.1) is 13.2 Å². The van der Waals surface area contributed by atoms with Gasteiger partial charge in [0.05, 0.1) is 16.5 Å². The Morgan fingerprint density at radius 2 is 1.59 bits per heavy atom. The van der Waals surface area contributed by atoms with Crippen LogP contribution in [0.15, 0.2) is 80.1 Å². The van der Waals surface area contributed by atoms with Crippen molar-refractivity contribution in [2.45, 2.75) is 89.6 Å². The quantitative estimate of drug-likeness (QED) is 0.172. The molecule has 6 rings (SSSR count). The third kappa shape index (κ3) is 4.87. The topological polar surface area (TPSA) is 108 Å². The number of hydrogen-bond donors (Lipinski definition) is 1. The lowest BCUT2D eigenvalue weighted by molar-refractivity contribution is -0.102. The number of rotatable bonds is 6. The standard InChI is InChI=1S/C38H40O8/c1-11-35(3,4)23-19-22-29(21-17-18-37(7,8)46-31(21)27(36(5,6)12-2)30(22)44-34(23)41)43-32-26-24(45-38(9,10)33(32)40)15-13-20-14-16-25(39)42-28(20)26/h11-19,32-33,40H,1-2H2,3-10H3/t32-,33-/m1/s1. The molecule has 2 aliphatic rings. The van der Waals surface area contributed by atoms with E-state index in [0.717, 1.165) is 0 Å². The number of fused-ring (bicyclic) bond motifs is 5. The molecule has 46 heavy (non-hydrogen) atoms. The summed E-state index contributed by atoms with van der Waals surface area (Å²) in [5.41, 5.74) is -1.72. The first-order chi connectivity index (χ1) is 21.4. The van der Waals surface area contributed by atoms with Gasteiger partial charge in [-0.3, -0.25) is 0 Å². The summed E-state index contributed by atoms with van der Waals surface area (Å²) in [5, 5.41) is 13.0. The van der Waals surface area contributed by atoms with Crippen LogP contribution in [-0.2, 0) is 10.8 Å². The first-order valence-electron chi connectivity index (χ1n) is 15.4. The second kappa shape index (κ2) is 10.2. The van der Waals surface area contributed by atoms with E-state index in [9.17, 15) is 14.7 Å². The fourth-order valence-electron chi connectivity index (χ4n) is 6.13. The van der Waals surface area contributed by atoms with Gasteiger partial charge in [0.2, 0.25) is 0 Å². The maximum Gasteiger partial charge on any atom is 0.340 e. The van der Waals surface area contributed by atoms with Crippen molar-refractivity contribution in [1.82, 2.24) is 0 Å². The van der Waals surface area contributed by atoms with Crippen LogP contribution in [0.4, 0.5) is 0 Å². The maximum absolute atomic E-state index is 13.6. The summed E-state index contributed by atoms with van der Waals surface area (Å²) in [6.45, 7) is 23.1. The molecule has 4 heterocycles. The molecule has 2 aromatic carbocycles. The molecule has 0 bridgehead atoms. The Morgan fingerprint density at radius 1 is 0.913 bits per heavy atom. The molecular formula is C38H40O8. The van der Waals surface area contributed by atoms with E-state index < -0.39 is 45.5 Å². The minimum absolute atomic E-state index is 0.250. The Bertz CT molecular complexity index is 2090. The van der Waals surface area contributed by atoms with Crippen molar-refractivity contribution >= 4 is 28.0 Å². The van der Waals surface area contributed by atoms with E-state index in [4.69, 9.17) is 23.0 Å². The van der Waals surface area contributed by atoms with Crippen molar-refractivity contribution in [3.63, 3.8) is 0 Å². The molecule has 0 spiro atoms. The second-order valence-electron chi connectivity index (χ2n) is 14.4. The van der Waals surface area contributed by atoms with E-state index in [-0.39, 0.29) is 11.2 Å². The number of hydrogen-bond acceptors (Lipinski definition) is 8. The molecule has 2 aromatic heterocycles. The maximum atomic E-state index is 13.6. The summed E-state index contributed by atoms with van der Waals surface area (Å²) >= 11 is 0. The zero-order chi connectivity index (χ0) is 33.6. The molecule has 0 fully saturated rings. The van der Waals surface area contributed by atoms with Gasteiger partial charge in [-0.1, -0.05) is 39.8 Å². The number of ether oxygens (including phenoxy) is 3. The number of allylic oxidation sites excluding steroid dienone is 2. The van der Waals surface area contributed by atoms with Crippen LogP contribution in [0.1, 0.15) is 83.7 Å². The summed E-state index contributed by atoms with van der Waals surface area (Å²) in [6.07, 6.45) is 5.06. The second-order valence-corrected chi connectivity index (χ2v) is 14.4. The molecule has 240 valence electrons. The van der Waals surface area contributed by atoms with E-state index in [1.54, 1.807) is 50.3 Å². The van der Waals surface area contributed by atoms with Gasteiger partial charge in [-0.05, 0) is 64.1 Å². The van der Waals surface area contributed by atoms with Crippen LogP contribution in [0, 0.1) is 0 Å². The number of aliphatic hydroxyl groups is 1. The molecule has 8 heteroatoms. The lowest BCUT2D eigenvalue weighted by Gasteiger charge is -2.42. The predicted molar refractivity (Wildman–Crippen MR) is 179 cm³/mol. The van der Waals surface area contributed by atoms with Crippen LogP contribution in [0.5, 0.6) is 17.2 Å². The van der Waals surface area contributed by atoms with Crippen molar-refractivity contribution in [2.75, 3.05) is 0 Å². The van der Waals surface area contributed by atoms with Gasteiger partial charge in [0.1, 0.15) is 45.7 Å². The Labute approximate surface area is 267 Å². The van der Waals surface area contributed by atoms with Gasteiger partial charge in [0.25, 0.3) is 0 Å². The van der Waals surface area contributed by atoms with E-state index >= 15 is 0 Å². The predicted octanol–water partition coefficient (Wildman–Crippen LogP) is 7.66. The zero-order valence-corrected chi connectivity index (χ0v) is 27.6. The Kier molecular flexibility index (Phi) is 6.98. The lowest BCUT2D eigenvalue weighted by atomic mass is 9.79. The summed E-state index contributed by atoms with van der Waals surface area (Å²) in [5.74, 6) is 1.22. The zero-order valence-electron chi connectivity index (χ0n) is 27.6. The average molecular weight is 625 g/mol. The van der Waals surface area contributed by atoms with Crippen LogP contribution < -0.4 is 25.5 Å². The molecular weight excluding hydrogens is 584 g/mol. The molecule has 0 aliphatic carbocycles. The number of aliphatic hydroxyl groups excluding tert-OH is 1. The van der Waals surface area contributed by atoms with Crippen molar-refractivity contribution in [3.05, 3.63) is 105 Å². The van der Waals surface area contributed by atoms with Crippen molar-refractivity contribution in [1.29, 1.82) is 0 Å². The van der Waals surface area contributed by atoms with Crippen LogP contribution >= 0.6 is 0 Å². The molecule has 2 aliphatic heterocycles. The monoisotopic (exact) mass is 624 g/mol. The van der Waals surface area contributed by atoms with Gasteiger partial charge in [-0.25, -0.2) is 9.59 Å². The largest absolute Gasteiger partial charge is 0.484 e. The van der Waals surface area contributed by atoms with Crippen molar-refractivity contribution < 1.29 is 28.2 Å². The number of benzene rings is 2. The molecule has 8 nitrogen and oxygen atoms in total. The third-order valence-electron chi connectivity index (χ3n) is 9.20. The first kappa shape index (κ1) is 31.4. The van der Waals surface area contributed by atoms with Crippen LogP contribution in [0.2, 0.25) is 0 Å². The molecule has 0 amide bonds. The van der Waals surface area contributed by atoms with E-state index in [1.165, 1.54) is 6.07 Å². The minimum Gasteiger partial charge on any atom is -0.484 e. The van der Waals surface area contributed by atoms with Gasteiger partial charge in [0.15, 0.2) is 6.10 Å². The molecule has 0 radical (unpaired) electrons. The Hall–Kier alpha value is -4.56. The van der Waals surface area contributed by atoms with E-state index in [0.29, 0.717) is 50.3 Å². The fourth-order valence-corrected chi connectivity index (χ4v) is 6.13. The van der Waals surface area contributed by atoms with E-state index in [1.807, 2.05) is 53.7 Å². The van der Waals surface area contributed by atoms with E-state index in [2.05, 4.69) is 13.2 Å². The molecule has 4 aromatic rings. The van der Waals surface area contributed by atoms with Crippen LogP contribution in [0.3, 0.4) is 0 Å². The summed E-state index contributed by atoms with van der Waals surface area (Å²) < 4.78 is 31.7. The highest BCUT2D eigenvalue weighted by Crippen LogP contribution is 2.53. The molecule has 0 unspecified atom stereocenters. The Balaban J connectivity index is 1.75. The average Bonchev–Trinajstić information content (AvgIpc) is 2.97. The molecule has 0 saturated heterocycles. The fraction of sp³-hybridized carbons (Fsp3) is 0.368. The van der Waals surface area contributed by atoms with Crippen molar-refractivity contribution in [2.24, 2.45) is 0 Å². The molecule has 2 atom stereocenters. The smallest absolute Gasteiger partial charge is 0.340 e. The highest BCUT2D eigenvalue weighted by atomic mass is 16.5. The van der Waals surface area contributed by atoms with Crippen LogP contribution in [0.25, 0.3) is 28.0 Å². The van der Waals surface area contributed by atoms with Gasteiger partial charge < -0.3 is 28.2 Å². The van der Waals surface area contributed by atoms with Crippen LogP contribution in [-0.4, -0.2) is 22.4 Å². The minimum atomic E-state index is -1.21. The van der Waals surface area contributed by atoms with Crippen molar-refractivity contribution in [3.8, 4) is 17.2 Å². The normalized spacial score (nSPS) is 19.9. The molecule has 0 saturated carbocycles. The molecule has 1 N–H and O–H groups in total. The summed E-state index contributed by atoms with van der Waals surface area (Å²) in [4.78, 5) is 26.1. The highest BCUT2D eigenvalue weighted by molar-refractivity contribution is 5.96. The Morgan fingerprint density at radius 3 is 2.26 bits per heavy atom. The highest BCUT2D eigenvalue weighted by Gasteiger charge is 2.47. The van der Waals surface area contributed by atoms with Gasteiger partial charge in [-0.2, -0.15) is 0 Å². The summed E-state index contributed by atoms with van der Waals surface area (Å²) in [6, 6.07) is 8.34. The summed E-state index contributed by atoms with van der Waals surface area (Å²) in [7, 11) is 0. The third-order valence-corrected chi connectivity index (χ3v) is 9.20. The SMILES string of the molecule is C=CC(C)(C)c1cc2c(O[C@@H]3c4c(ccc5ccc(=O)oc45)OC(C)(C)[C@@H]3O)c3c(c(C(C)(C)C=C)c2oc1=O)OC(C)(C)C=C3.